The van der Waals surface area contributed by atoms with E-state index in [1.54, 1.807) is 0 Å². The van der Waals surface area contributed by atoms with Crippen LogP contribution in [0.5, 0.6) is 0 Å². The van der Waals surface area contributed by atoms with Crippen LogP contribution in [0.3, 0.4) is 0 Å². The number of carboxylic acids is 1. The summed E-state index contributed by atoms with van der Waals surface area (Å²) in [6.07, 6.45) is -4.36. The Morgan fingerprint density at radius 3 is 2.38 bits per heavy atom. The van der Waals surface area contributed by atoms with Crippen molar-refractivity contribution in [1.29, 1.82) is 0 Å². The standard InChI is InChI=1S/C22H17ClF4N2O4S/c1-28-18(22(25,26)27)11-19(30)29(21(28)33)15-10-17(13(23)9-14(15)24)34-16(20(31)32)8-7-12-5-3-2-4-6-12/h2-6,9-11,16H,7-8H2,1H3,(H,31,32). The molecule has 0 spiro atoms. The summed E-state index contributed by atoms with van der Waals surface area (Å²) in [5.41, 5.74) is -4.05. The van der Waals surface area contributed by atoms with Gasteiger partial charge < -0.3 is 5.11 Å². The molecule has 1 atom stereocenters. The summed E-state index contributed by atoms with van der Waals surface area (Å²) in [7, 11) is 0.800. The van der Waals surface area contributed by atoms with Gasteiger partial charge in [0.2, 0.25) is 0 Å². The second kappa shape index (κ2) is 10.1. The Morgan fingerprint density at radius 2 is 1.79 bits per heavy atom. The number of carboxylic acid groups (broad SMARTS) is 1. The molecule has 0 aliphatic rings. The largest absolute Gasteiger partial charge is 0.480 e. The number of benzene rings is 2. The zero-order valence-corrected chi connectivity index (χ0v) is 19.0. The number of nitrogens with zero attached hydrogens (tertiary/aromatic N) is 2. The van der Waals surface area contributed by atoms with Gasteiger partial charge in [-0.15, -0.1) is 11.8 Å². The Kier molecular flexibility index (Phi) is 7.57. The van der Waals surface area contributed by atoms with Gasteiger partial charge in [0.05, 0.1) is 10.7 Å². The molecule has 3 rings (SSSR count). The minimum absolute atomic E-state index is 0.0485. The monoisotopic (exact) mass is 516 g/mol. The summed E-state index contributed by atoms with van der Waals surface area (Å²) >= 11 is 6.86. The zero-order chi connectivity index (χ0) is 25.2. The minimum Gasteiger partial charge on any atom is -0.480 e. The first kappa shape index (κ1) is 25.6. The molecule has 1 N–H and O–H groups in total. The van der Waals surface area contributed by atoms with Gasteiger partial charge in [-0.2, -0.15) is 13.2 Å². The average Bonchev–Trinajstić information content (AvgIpc) is 2.76. The molecule has 0 aliphatic heterocycles. The van der Waals surface area contributed by atoms with Crippen molar-refractivity contribution in [2.75, 3.05) is 0 Å². The van der Waals surface area contributed by atoms with Crippen molar-refractivity contribution < 1.29 is 27.5 Å². The summed E-state index contributed by atoms with van der Waals surface area (Å²) in [4.78, 5) is 36.7. The minimum atomic E-state index is -4.97. The van der Waals surface area contributed by atoms with Gasteiger partial charge in [0.15, 0.2) is 0 Å². The van der Waals surface area contributed by atoms with Gasteiger partial charge in [-0.3, -0.25) is 14.2 Å². The predicted molar refractivity (Wildman–Crippen MR) is 119 cm³/mol. The van der Waals surface area contributed by atoms with Crippen molar-refractivity contribution in [2.45, 2.75) is 29.2 Å². The average molecular weight is 517 g/mol. The number of alkyl halides is 3. The molecule has 2 aromatic carbocycles. The van der Waals surface area contributed by atoms with Crippen LogP contribution >= 0.6 is 23.4 Å². The number of aromatic nitrogens is 2. The van der Waals surface area contributed by atoms with Gasteiger partial charge in [0.1, 0.15) is 16.8 Å². The van der Waals surface area contributed by atoms with Crippen LogP contribution in [-0.4, -0.2) is 25.5 Å². The molecular formula is C22H17ClF4N2O4S. The van der Waals surface area contributed by atoms with E-state index < -0.39 is 45.8 Å². The molecule has 0 saturated carbocycles. The zero-order valence-electron chi connectivity index (χ0n) is 17.5. The molecule has 0 saturated heterocycles. The molecule has 3 aromatic rings. The number of hydrogen-bond acceptors (Lipinski definition) is 4. The van der Waals surface area contributed by atoms with Crippen molar-refractivity contribution in [1.82, 2.24) is 9.13 Å². The summed E-state index contributed by atoms with van der Waals surface area (Å²) in [5, 5.41) is 8.44. The van der Waals surface area contributed by atoms with Gasteiger partial charge in [-0.05, 0) is 30.5 Å². The van der Waals surface area contributed by atoms with E-state index in [4.69, 9.17) is 11.6 Å². The number of thioether (sulfide) groups is 1. The van der Waals surface area contributed by atoms with E-state index >= 15 is 0 Å². The van der Waals surface area contributed by atoms with Crippen molar-refractivity contribution in [3.63, 3.8) is 0 Å². The first-order valence-corrected chi connectivity index (χ1v) is 11.0. The first-order chi connectivity index (χ1) is 15.9. The molecule has 34 heavy (non-hydrogen) atoms. The number of aryl methyl sites for hydroxylation is 1. The maximum Gasteiger partial charge on any atom is 0.431 e. The van der Waals surface area contributed by atoms with E-state index in [-0.39, 0.29) is 31.5 Å². The van der Waals surface area contributed by atoms with Crippen LogP contribution in [-0.2, 0) is 24.4 Å². The highest BCUT2D eigenvalue weighted by Gasteiger charge is 2.35. The lowest BCUT2D eigenvalue weighted by atomic mass is 10.1. The van der Waals surface area contributed by atoms with Crippen molar-refractivity contribution in [3.05, 3.63) is 91.5 Å². The van der Waals surface area contributed by atoms with Crippen LogP contribution in [0.4, 0.5) is 17.6 Å². The van der Waals surface area contributed by atoms with Crippen molar-refractivity contribution in [2.24, 2.45) is 7.05 Å². The van der Waals surface area contributed by atoms with E-state index in [0.717, 1.165) is 36.5 Å². The Labute approximate surface area is 199 Å². The lowest BCUT2D eigenvalue weighted by molar-refractivity contribution is -0.144. The highest BCUT2D eigenvalue weighted by Crippen LogP contribution is 2.35. The number of halogens is 5. The van der Waals surface area contributed by atoms with Crippen LogP contribution in [0, 0.1) is 5.82 Å². The molecule has 0 aliphatic carbocycles. The third-order valence-electron chi connectivity index (χ3n) is 4.94. The second-order valence-electron chi connectivity index (χ2n) is 7.25. The van der Waals surface area contributed by atoms with E-state index in [1.165, 1.54) is 0 Å². The van der Waals surface area contributed by atoms with E-state index in [1.807, 2.05) is 30.3 Å². The molecule has 0 amide bonds. The summed E-state index contributed by atoms with van der Waals surface area (Å²) in [6.45, 7) is 0. The third-order valence-corrected chi connectivity index (χ3v) is 6.67. The highest BCUT2D eigenvalue weighted by atomic mass is 35.5. The van der Waals surface area contributed by atoms with Gasteiger partial charge in [-0.25, -0.2) is 13.8 Å². The number of rotatable bonds is 7. The molecule has 6 nitrogen and oxygen atoms in total. The number of hydrogen-bond donors (Lipinski definition) is 1. The van der Waals surface area contributed by atoms with Crippen LogP contribution in [0.2, 0.25) is 5.02 Å². The fourth-order valence-electron chi connectivity index (χ4n) is 3.23. The summed E-state index contributed by atoms with van der Waals surface area (Å²) in [5.74, 6) is -2.30. The maximum atomic E-state index is 14.7. The molecule has 12 heteroatoms. The smallest absolute Gasteiger partial charge is 0.431 e. The first-order valence-electron chi connectivity index (χ1n) is 9.73. The maximum absolute atomic E-state index is 14.7. The number of carbonyl (C=O) groups is 1. The van der Waals surface area contributed by atoms with Crippen molar-refractivity contribution in [3.8, 4) is 5.69 Å². The molecule has 0 bridgehead atoms. The third kappa shape index (κ3) is 5.53. The SMILES string of the molecule is Cn1c(C(F)(F)F)cc(=O)n(-c2cc(SC(CCc3ccccc3)C(=O)O)c(Cl)cc2F)c1=O. The van der Waals surface area contributed by atoms with E-state index in [0.29, 0.717) is 6.42 Å². The van der Waals surface area contributed by atoms with Crippen LogP contribution in [0.15, 0.2) is 63.0 Å². The molecule has 1 heterocycles. The van der Waals surface area contributed by atoms with Crippen LogP contribution < -0.4 is 11.2 Å². The second-order valence-corrected chi connectivity index (χ2v) is 8.90. The predicted octanol–water partition coefficient (Wildman–Crippen LogP) is 4.53. The molecule has 1 aromatic heterocycles. The fourth-order valence-corrected chi connectivity index (χ4v) is 4.51. The molecule has 0 fully saturated rings. The van der Waals surface area contributed by atoms with Gasteiger partial charge in [0, 0.05) is 18.0 Å². The van der Waals surface area contributed by atoms with Crippen LogP contribution in [0.25, 0.3) is 5.69 Å². The molecule has 180 valence electrons. The summed E-state index contributed by atoms with van der Waals surface area (Å²) in [6, 6.07) is 11.0. The number of aliphatic carboxylic acids is 1. The summed E-state index contributed by atoms with van der Waals surface area (Å²) < 4.78 is 54.4. The van der Waals surface area contributed by atoms with Gasteiger partial charge >= 0.3 is 17.8 Å². The van der Waals surface area contributed by atoms with E-state index in [9.17, 15) is 37.1 Å². The highest BCUT2D eigenvalue weighted by molar-refractivity contribution is 8.00. The fraction of sp³-hybridized carbons (Fsp3) is 0.227. The normalized spacial score (nSPS) is 12.5. The molecule has 0 radical (unpaired) electrons. The quantitative estimate of drug-likeness (QED) is 0.369. The Balaban J connectivity index is 2.01. The topological polar surface area (TPSA) is 81.3 Å². The molecule has 1 unspecified atom stereocenters. The van der Waals surface area contributed by atoms with Crippen LogP contribution in [0.1, 0.15) is 17.7 Å². The van der Waals surface area contributed by atoms with Gasteiger partial charge in [0.25, 0.3) is 5.56 Å². The van der Waals surface area contributed by atoms with Crippen molar-refractivity contribution >= 4 is 29.3 Å². The van der Waals surface area contributed by atoms with Gasteiger partial charge in [-0.1, -0.05) is 41.9 Å². The Morgan fingerprint density at radius 1 is 1.15 bits per heavy atom. The lowest BCUT2D eigenvalue weighted by Crippen LogP contribution is -2.41. The Hall–Kier alpha value is -3.05. The lowest BCUT2D eigenvalue weighted by Gasteiger charge is -2.17. The molecular weight excluding hydrogens is 500 g/mol. The Bertz CT molecular complexity index is 1340. The van der Waals surface area contributed by atoms with E-state index in [2.05, 4.69) is 0 Å².